The van der Waals surface area contributed by atoms with Gasteiger partial charge in [0.25, 0.3) is 0 Å². The van der Waals surface area contributed by atoms with Crippen LogP contribution in [0.25, 0.3) is 11.3 Å². The SMILES string of the molecule is COC(=O)Cc1ccc2c(c1)NC(=O)[C@H](C)CCC[C@H](N1CC[C@@H](c3c(F)ccc(Cl)c3F)NC1=O)c1ncc-2[nH]1. The molecule has 0 spiro atoms. The first-order valence-corrected chi connectivity index (χ1v) is 13.8. The Labute approximate surface area is 240 Å². The minimum atomic E-state index is -0.882. The number of nitrogens with one attached hydrogen (secondary N) is 3. The molecule has 3 N–H and O–H groups in total. The number of halogens is 3. The van der Waals surface area contributed by atoms with Crippen molar-refractivity contribution in [1.82, 2.24) is 20.2 Å². The maximum Gasteiger partial charge on any atom is 0.318 e. The molecule has 3 atom stereocenters. The Morgan fingerprint density at radius 2 is 1.98 bits per heavy atom. The third-order valence-electron chi connectivity index (χ3n) is 7.70. The Morgan fingerprint density at radius 3 is 2.73 bits per heavy atom. The van der Waals surface area contributed by atoms with Gasteiger partial charge in [0.1, 0.15) is 17.5 Å². The van der Waals surface area contributed by atoms with Gasteiger partial charge in [-0.3, -0.25) is 9.59 Å². The minimum absolute atomic E-state index is 0.0551. The van der Waals surface area contributed by atoms with Gasteiger partial charge in [-0.1, -0.05) is 37.1 Å². The number of hydrogen-bond acceptors (Lipinski definition) is 5. The molecule has 216 valence electrons. The average molecular weight is 586 g/mol. The summed E-state index contributed by atoms with van der Waals surface area (Å²) >= 11 is 5.87. The highest BCUT2D eigenvalue weighted by molar-refractivity contribution is 6.30. The van der Waals surface area contributed by atoms with Crippen LogP contribution in [0.3, 0.4) is 0 Å². The van der Waals surface area contributed by atoms with Gasteiger partial charge in [-0.05, 0) is 43.0 Å². The van der Waals surface area contributed by atoms with Gasteiger partial charge >= 0.3 is 12.0 Å². The molecule has 2 aliphatic heterocycles. The average Bonchev–Trinajstić information content (AvgIpc) is 3.43. The first-order valence-electron chi connectivity index (χ1n) is 13.4. The number of amides is 3. The lowest BCUT2D eigenvalue weighted by atomic mass is 9.96. The molecule has 0 saturated carbocycles. The number of benzene rings is 2. The van der Waals surface area contributed by atoms with Gasteiger partial charge in [-0.25, -0.2) is 18.6 Å². The van der Waals surface area contributed by atoms with E-state index in [0.717, 1.165) is 12.1 Å². The number of rotatable bonds is 4. The molecule has 2 aliphatic rings. The van der Waals surface area contributed by atoms with Crippen LogP contribution >= 0.6 is 11.6 Å². The highest BCUT2D eigenvalue weighted by Gasteiger charge is 2.36. The van der Waals surface area contributed by atoms with Crippen LogP contribution in [0.15, 0.2) is 36.5 Å². The van der Waals surface area contributed by atoms with E-state index in [4.69, 9.17) is 16.3 Å². The number of anilines is 1. The molecule has 3 aromatic rings. The number of nitrogens with zero attached hydrogens (tertiary/aromatic N) is 2. The molecule has 1 aromatic heterocycles. The zero-order valence-electron chi connectivity index (χ0n) is 22.6. The van der Waals surface area contributed by atoms with Gasteiger partial charge in [0.2, 0.25) is 5.91 Å². The van der Waals surface area contributed by atoms with E-state index in [-0.39, 0.29) is 41.8 Å². The molecule has 2 aromatic carbocycles. The zero-order valence-corrected chi connectivity index (χ0v) is 23.4. The first-order chi connectivity index (χ1) is 19.7. The molecular formula is C29H30ClF2N5O4. The molecule has 1 fully saturated rings. The molecule has 9 nitrogen and oxygen atoms in total. The highest BCUT2D eigenvalue weighted by Crippen LogP contribution is 2.36. The van der Waals surface area contributed by atoms with Crippen molar-refractivity contribution in [2.75, 3.05) is 19.0 Å². The molecule has 41 heavy (non-hydrogen) atoms. The van der Waals surface area contributed by atoms with Gasteiger partial charge in [0.15, 0.2) is 0 Å². The van der Waals surface area contributed by atoms with E-state index in [2.05, 4.69) is 20.6 Å². The lowest BCUT2D eigenvalue weighted by Crippen LogP contribution is -2.50. The topological polar surface area (TPSA) is 116 Å². The van der Waals surface area contributed by atoms with Crippen molar-refractivity contribution in [3.8, 4) is 11.3 Å². The van der Waals surface area contributed by atoms with Crippen LogP contribution in [0, 0.1) is 17.6 Å². The number of esters is 1. The van der Waals surface area contributed by atoms with E-state index in [0.29, 0.717) is 47.6 Å². The summed E-state index contributed by atoms with van der Waals surface area (Å²) in [5, 5.41) is 5.52. The smallest absolute Gasteiger partial charge is 0.318 e. The van der Waals surface area contributed by atoms with Crippen LogP contribution in [-0.2, 0) is 20.7 Å². The molecule has 1 saturated heterocycles. The Kier molecular flexibility index (Phi) is 8.25. The molecule has 0 aliphatic carbocycles. The van der Waals surface area contributed by atoms with E-state index < -0.39 is 35.7 Å². The Balaban J connectivity index is 1.45. The maximum atomic E-state index is 14.7. The Hall–Kier alpha value is -3.99. The minimum Gasteiger partial charge on any atom is -0.469 e. The summed E-state index contributed by atoms with van der Waals surface area (Å²) in [6.07, 6.45) is 3.65. The summed E-state index contributed by atoms with van der Waals surface area (Å²) in [6, 6.07) is 5.74. The number of H-pyrrole nitrogens is 1. The van der Waals surface area contributed by atoms with Crippen molar-refractivity contribution in [2.24, 2.45) is 5.92 Å². The van der Waals surface area contributed by atoms with Crippen LogP contribution < -0.4 is 10.6 Å². The van der Waals surface area contributed by atoms with Crippen LogP contribution in [0.2, 0.25) is 5.02 Å². The maximum absolute atomic E-state index is 14.7. The molecule has 3 heterocycles. The van der Waals surface area contributed by atoms with Gasteiger partial charge in [-0.2, -0.15) is 0 Å². The number of ether oxygens (including phenoxy) is 1. The number of carbonyl (C=O) groups is 3. The van der Waals surface area contributed by atoms with Crippen LogP contribution in [0.5, 0.6) is 0 Å². The number of carbonyl (C=O) groups excluding carboxylic acids is 3. The van der Waals surface area contributed by atoms with E-state index >= 15 is 0 Å². The van der Waals surface area contributed by atoms with E-state index in [1.807, 2.05) is 6.92 Å². The number of imidazole rings is 1. The number of aromatic nitrogens is 2. The molecule has 2 bridgehead atoms. The predicted molar refractivity (Wildman–Crippen MR) is 148 cm³/mol. The second-order valence-corrected chi connectivity index (χ2v) is 10.8. The fraction of sp³-hybridized carbons (Fsp3) is 0.379. The molecule has 0 radical (unpaired) electrons. The second kappa shape index (κ2) is 11.9. The zero-order chi connectivity index (χ0) is 29.3. The summed E-state index contributed by atoms with van der Waals surface area (Å²) < 4.78 is 34.0. The van der Waals surface area contributed by atoms with Gasteiger partial charge in [0.05, 0.1) is 48.2 Å². The lowest BCUT2D eigenvalue weighted by molar-refractivity contribution is -0.139. The van der Waals surface area contributed by atoms with Crippen molar-refractivity contribution in [3.05, 3.63) is 70.1 Å². The van der Waals surface area contributed by atoms with Crippen molar-refractivity contribution >= 4 is 35.2 Å². The largest absolute Gasteiger partial charge is 0.469 e. The van der Waals surface area contributed by atoms with Crippen molar-refractivity contribution in [2.45, 2.75) is 51.1 Å². The summed E-state index contributed by atoms with van der Waals surface area (Å²) in [6.45, 7) is 2.07. The summed E-state index contributed by atoms with van der Waals surface area (Å²) in [5.41, 5.74) is 2.25. The van der Waals surface area contributed by atoms with Gasteiger partial charge < -0.3 is 25.3 Å². The molecular weight excluding hydrogens is 556 g/mol. The van der Waals surface area contributed by atoms with E-state index in [1.165, 1.54) is 7.11 Å². The number of hydrogen-bond donors (Lipinski definition) is 3. The molecule has 5 rings (SSSR count). The monoisotopic (exact) mass is 585 g/mol. The fourth-order valence-corrected chi connectivity index (χ4v) is 5.58. The number of aromatic amines is 1. The third kappa shape index (κ3) is 5.90. The van der Waals surface area contributed by atoms with E-state index in [1.54, 1.807) is 29.3 Å². The fourth-order valence-electron chi connectivity index (χ4n) is 5.42. The number of urea groups is 1. The van der Waals surface area contributed by atoms with Crippen LogP contribution in [0.4, 0.5) is 19.3 Å². The molecule has 12 heteroatoms. The van der Waals surface area contributed by atoms with Crippen molar-refractivity contribution in [1.29, 1.82) is 0 Å². The number of methoxy groups -OCH3 is 1. The lowest BCUT2D eigenvalue weighted by Gasteiger charge is -2.38. The molecule has 0 unspecified atom stereocenters. The quantitative estimate of drug-likeness (QED) is 0.269. The van der Waals surface area contributed by atoms with E-state index in [9.17, 15) is 23.2 Å². The van der Waals surface area contributed by atoms with Crippen molar-refractivity contribution < 1.29 is 27.9 Å². The van der Waals surface area contributed by atoms with Crippen molar-refractivity contribution in [3.63, 3.8) is 0 Å². The Morgan fingerprint density at radius 1 is 1.17 bits per heavy atom. The summed E-state index contributed by atoms with van der Waals surface area (Å²) in [7, 11) is 1.32. The Bertz CT molecular complexity index is 1500. The normalized spacial score (nSPS) is 21.2. The molecule has 3 amide bonds. The predicted octanol–water partition coefficient (Wildman–Crippen LogP) is 5.68. The summed E-state index contributed by atoms with van der Waals surface area (Å²) in [4.78, 5) is 47.7. The number of fused-ring (bicyclic) bond motifs is 4. The second-order valence-electron chi connectivity index (χ2n) is 10.4. The first kappa shape index (κ1) is 28.5. The van der Waals surface area contributed by atoms with Crippen LogP contribution in [-0.4, -0.2) is 46.4 Å². The van der Waals surface area contributed by atoms with Gasteiger partial charge in [-0.15, -0.1) is 0 Å². The third-order valence-corrected chi connectivity index (χ3v) is 7.99. The van der Waals surface area contributed by atoms with Gasteiger partial charge in [0, 0.05) is 23.6 Å². The standard InChI is InChI=1S/C29H30ClF2N5O4/c1-15-4-3-5-23(37-11-10-20(36-29(37)40)25-19(31)9-8-18(30)26(25)32)27-33-14-22(34-27)17-7-6-16(13-24(38)41-2)12-21(17)35-28(15)39/h6-9,12,14-15,20,23H,3-5,10-11,13H2,1-2H3,(H,33,34)(H,35,39)(H,36,40)/t15-,20+,23+/m1/s1. The summed E-state index contributed by atoms with van der Waals surface area (Å²) in [5.74, 6) is -1.98. The van der Waals surface area contributed by atoms with Crippen LogP contribution in [0.1, 0.15) is 61.6 Å². The highest BCUT2D eigenvalue weighted by atomic mass is 35.5.